The summed E-state index contributed by atoms with van der Waals surface area (Å²) in [4.78, 5) is 11.4. The summed E-state index contributed by atoms with van der Waals surface area (Å²) in [7, 11) is -3.52. The first kappa shape index (κ1) is 17.3. The molecular formula is C12H20N4O4S. The number of hydrogen-bond donors (Lipinski definition) is 3. The Kier molecular flexibility index (Phi) is 6.03. The number of nitrogens with one attached hydrogen (secondary N) is 1. The van der Waals surface area contributed by atoms with Crippen LogP contribution in [0.15, 0.2) is 0 Å². The molecule has 0 aromatic carbocycles. The molecule has 0 bridgehead atoms. The van der Waals surface area contributed by atoms with Crippen molar-refractivity contribution in [2.75, 3.05) is 17.6 Å². The van der Waals surface area contributed by atoms with Gasteiger partial charge in [0.1, 0.15) is 5.56 Å². The third-order valence-corrected chi connectivity index (χ3v) is 3.82. The van der Waals surface area contributed by atoms with Crippen molar-refractivity contribution >= 4 is 21.8 Å². The summed E-state index contributed by atoms with van der Waals surface area (Å²) in [6.45, 7) is 3.99. The van der Waals surface area contributed by atoms with Crippen LogP contribution < -0.4 is 10.5 Å². The lowest BCUT2D eigenvalue weighted by Crippen LogP contribution is -2.20. The zero-order chi connectivity index (χ0) is 16.0. The molecule has 0 saturated carbocycles. The summed E-state index contributed by atoms with van der Waals surface area (Å²) in [6.07, 6.45) is 1.39. The second-order valence-corrected chi connectivity index (χ2v) is 6.24. The lowest BCUT2D eigenvalue weighted by atomic mass is 10.0. The van der Waals surface area contributed by atoms with Crippen LogP contribution in [0.3, 0.4) is 0 Å². The summed E-state index contributed by atoms with van der Waals surface area (Å²) in [5.41, 5.74) is 1.40. The second-order valence-electron chi connectivity index (χ2n) is 4.51. The molecule has 1 aromatic rings. The van der Waals surface area contributed by atoms with Gasteiger partial charge in [0.25, 0.3) is 0 Å². The first-order valence-corrected chi connectivity index (χ1v) is 8.37. The van der Waals surface area contributed by atoms with E-state index in [9.17, 15) is 18.3 Å². The van der Waals surface area contributed by atoms with Crippen LogP contribution in [0.4, 0.5) is 5.82 Å². The highest BCUT2D eigenvalue weighted by atomic mass is 32.2. The summed E-state index contributed by atoms with van der Waals surface area (Å²) in [5.74, 6) is -1.10. The highest BCUT2D eigenvalue weighted by Gasteiger charge is 2.20. The van der Waals surface area contributed by atoms with E-state index in [2.05, 4.69) is 15.5 Å². The van der Waals surface area contributed by atoms with E-state index in [1.165, 1.54) is 0 Å². The SMILES string of the molecule is CCc1nnc(NCCCS(N)(=O)=O)c(C(=O)O)c1CC. The van der Waals surface area contributed by atoms with Gasteiger partial charge in [0.15, 0.2) is 5.82 Å². The van der Waals surface area contributed by atoms with Gasteiger partial charge < -0.3 is 10.4 Å². The molecule has 0 radical (unpaired) electrons. The first-order valence-electron chi connectivity index (χ1n) is 6.66. The Labute approximate surface area is 123 Å². The second kappa shape index (κ2) is 7.32. The molecule has 8 nitrogen and oxygen atoms in total. The molecule has 0 saturated heterocycles. The maximum absolute atomic E-state index is 11.4. The maximum atomic E-state index is 11.4. The quantitative estimate of drug-likeness (QED) is 0.590. The third-order valence-electron chi connectivity index (χ3n) is 2.96. The number of aromatic nitrogens is 2. The Morgan fingerprint density at radius 2 is 1.95 bits per heavy atom. The van der Waals surface area contributed by atoms with Crippen molar-refractivity contribution < 1.29 is 18.3 Å². The van der Waals surface area contributed by atoms with E-state index in [4.69, 9.17) is 5.14 Å². The van der Waals surface area contributed by atoms with Crippen molar-refractivity contribution in [3.63, 3.8) is 0 Å². The number of rotatable bonds is 8. The highest BCUT2D eigenvalue weighted by molar-refractivity contribution is 7.89. The number of aryl methyl sites for hydroxylation is 1. The van der Waals surface area contributed by atoms with Gasteiger partial charge in [0.05, 0.1) is 11.4 Å². The van der Waals surface area contributed by atoms with Crippen LogP contribution in [0, 0.1) is 0 Å². The molecule has 0 aliphatic heterocycles. The lowest BCUT2D eigenvalue weighted by Gasteiger charge is -2.13. The van der Waals surface area contributed by atoms with Crippen molar-refractivity contribution in [1.29, 1.82) is 0 Å². The van der Waals surface area contributed by atoms with Crippen LogP contribution in [0.1, 0.15) is 41.9 Å². The normalized spacial score (nSPS) is 11.4. The van der Waals surface area contributed by atoms with E-state index < -0.39 is 16.0 Å². The Hall–Kier alpha value is -1.74. The van der Waals surface area contributed by atoms with E-state index >= 15 is 0 Å². The van der Waals surface area contributed by atoms with Crippen LogP contribution >= 0.6 is 0 Å². The largest absolute Gasteiger partial charge is 0.478 e. The van der Waals surface area contributed by atoms with Crippen molar-refractivity contribution in [2.45, 2.75) is 33.1 Å². The molecule has 0 fully saturated rings. The Morgan fingerprint density at radius 1 is 1.29 bits per heavy atom. The molecule has 1 heterocycles. The predicted octanol–water partition coefficient (Wildman–Crippen LogP) is 0.390. The number of carboxylic acid groups (broad SMARTS) is 1. The number of sulfonamides is 1. The van der Waals surface area contributed by atoms with Gasteiger partial charge in [-0.3, -0.25) is 0 Å². The zero-order valence-electron chi connectivity index (χ0n) is 12.1. The van der Waals surface area contributed by atoms with Gasteiger partial charge >= 0.3 is 5.97 Å². The number of hydrogen-bond acceptors (Lipinski definition) is 6. The molecule has 0 spiro atoms. The van der Waals surface area contributed by atoms with Crippen LogP contribution in [-0.2, 0) is 22.9 Å². The minimum atomic E-state index is -3.52. The number of carbonyl (C=O) groups is 1. The standard InChI is InChI=1S/C12H20N4O4S/c1-3-8-9(4-2)15-16-11(10(8)12(17)18)14-6-5-7-21(13,19)20/h3-7H2,1-2H3,(H,14,16)(H,17,18)(H2,13,19,20). The molecule has 1 rings (SSSR count). The first-order chi connectivity index (χ1) is 9.80. The Balaban J connectivity index is 2.94. The smallest absolute Gasteiger partial charge is 0.339 e. The average Bonchev–Trinajstić information content (AvgIpc) is 2.41. The topological polar surface area (TPSA) is 135 Å². The molecule has 0 amide bonds. The summed E-state index contributed by atoms with van der Waals surface area (Å²) < 4.78 is 21.7. The zero-order valence-corrected chi connectivity index (χ0v) is 12.9. The number of anilines is 1. The molecular weight excluding hydrogens is 296 g/mol. The van der Waals surface area contributed by atoms with E-state index in [0.717, 1.165) is 0 Å². The van der Waals surface area contributed by atoms with Gasteiger partial charge in [-0.1, -0.05) is 13.8 Å². The van der Waals surface area contributed by atoms with Gasteiger partial charge in [-0.15, -0.1) is 5.10 Å². The van der Waals surface area contributed by atoms with Crippen molar-refractivity contribution in [3.8, 4) is 0 Å². The third kappa shape index (κ3) is 4.94. The van der Waals surface area contributed by atoms with E-state index in [1.807, 2.05) is 13.8 Å². The summed E-state index contributed by atoms with van der Waals surface area (Å²) >= 11 is 0. The predicted molar refractivity (Wildman–Crippen MR) is 78.8 cm³/mol. The fourth-order valence-electron chi connectivity index (χ4n) is 2.01. The number of carboxylic acids is 1. The molecule has 118 valence electrons. The highest BCUT2D eigenvalue weighted by Crippen LogP contribution is 2.20. The summed E-state index contributed by atoms with van der Waals surface area (Å²) in [6, 6.07) is 0. The van der Waals surface area contributed by atoms with Gasteiger partial charge in [-0.2, -0.15) is 5.10 Å². The van der Waals surface area contributed by atoms with Gasteiger partial charge in [-0.25, -0.2) is 18.4 Å². The van der Waals surface area contributed by atoms with Crippen LogP contribution in [0.2, 0.25) is 0 Å². The molecule has 1 aromatic heterocycles. The van der Waals surface area contributed by atoms with E-state index in [0.29, 0.717) is 24.1 Å². The molecule has 0 aliphatic carbocycles. The minimum absolute atomic E-state index is 0.0972. The lowest BCUT2D eigenvalue weighted by molar-refractivity contribution is 0.0696. The van der Waals surface area contributed by atoms with Gasteiger partial charge in [0, 0.05) is 6.54 Å². The molecule has 0 unspecified atom stereocenters. The number of aromatic carboxylic acids is 1. The van der Waals surface area contributed by atoms with Crippen LogP contribution in [-0.4, -0.2) is 42.0 Å². The molecule has 0 atom stereocenters. The summed E-state index contributed by atoms with van der Waals surface area (Å²) in [5, 5.41) is 25.0. The van der Waals surface area contributed by atoms with E-state index in [1.54, 1.807) is 0 Å². The average molecular weight is 316 g/mol. The van der Waals surface area contributed by atoms with Gasteiger partial charge in [-0.05, 0) is 24.8 Å². The van der Waals surface area contributed by atoms with Gasteiger partial charge in [0.2, 0.25) is 10.0 Å². The number of nitrogens with two attached hydrogens (primary N) is 1. The fraction of sp³-hybridized carbons (Fsp3) is 0.583. The molecule has 0 aliphatic rings. The molecule has 4 N–H and O–H groups in total. The molecule has 9 heteroatoms. The molecule has 21 heavy (non-hydrogen) atoms. The van der Waals surface area contributed by atoms with Crippen LogP contribution in [0.25, 0.3) is 0 Å². The van der Waals surface area contributed by atoms with Crippen molar-refractivity contribution in [3.05, 3.63) is 16.8 Å². The van der Waals surface area contributed by atoms with Crippen LogP contribution in [0.5, 0.6) is 0 Å². The monoisotopic (exact) mass is 316 g/mol. The van der Waals surface area contributed by atoms with E-state index in [-0.39, 0.29) is 30.1 Å². The van der Waals surface area contributed by atoms with Crippen molar-refractivity contribution in [1.82, 2.24) is 10.2 Å². The Bertz CT molecular complexity index is 616. The number of primary sulfonamides is 1. The fourth-order valence-corrected chi connectivity index (χ4v) is 2.55. The number of nitrogens with zero attached hydrogens (tertiary/aromatic N) is 2. The minimum Gasteiger partial charge on any atom is -0.478 e. The Morgan fingerprint density at radius 3 is 2.43 bits per heavy atom. The van der Waals surface area contributed by atoms with Crippen molar-refractivity contribution in [2.24, 2.45) is 5.14 Å². The maximum Gasteiger partial charge on any atom is 0.339 e.